The van der Waals surface area contributed by atoms with Crippen LogP contribution in [0, 0.1) is 16.2 Å². The summed E-state index contributed by atoms with van der Waals surface area (Å²) in [6.07, 6.45) is 1.48. The van der Waals surface area contributed by atoms with Crippen molar-refractivity contribution in [2.24, 2.45) is 16.2 Å². The van der Waals surface area contributed by atoms with E-state index in [4.69, 9.17) is 4.74 Å². The van der Waals surface area contributed by atoms with Crippen LogP contribution in [0.2, 0.25) is 0 Å². The number of anilines is 1. The van der Waals surface area contributed by atoms with Gasteiger partial charge in [0, 0.05) is 11.1 Å². The number of alkyl halides is 1. The number of ketones is 1. The molecule has 1 amide bonds. The number of amides is 1. The van der Waals surface area contributed by atoms with Gasteiger partial charge in [-0.05, 0) is 42.5 Å². The van der Waals surface area contributed by atoms with E-state index < -0.39 is 15.7 Å². The summed E-state index contributed by atoms with van der Waals surface area (Å²) < 4.78 is 5.13. The third kappa shape index (κ3) is 1.89. The van der Waals surface area contributed by atoms with E-state index >= 15 is 0 Å². The summed E-state index contributed by atoms with van der Waals surface area (Å²) >= 11 is 3.54. The molecule has 124 valence electrons. The van der Waals surface area contributed by atoms with Crippen molar-refractivity contribution in [2.75, 3.05) is 12.4 Å². The number of carbonyl (C=O) groups is 2. The maximum Gasteiger partial charge on any atom is 0.232 e. The maximum atomic E-state index is 13.1. The quantitative estimate of drug-likeness (QED) is 0.812. The fourth-order valence-corrected chi connectivity index (χ4v) is 5.89. The minimum Gasteiger partial charge on any atom is -0.497 e. The number of ether oxygens (including phenoxy) is 1. The van der Waals surface area contributed by atoms with Gasteiger partial charge in [0.2, 0.25) is 5.91 Å². The Morgan fingerprint density at radius 3 is 2.30 bits per heavy atom. The van der Waals surface area contributed by atoms with E-state index in [1.54, 1.807) is 7.11 Å². The minimum absolute atomic E-state index is 0.0795. The van der Waals surface area contributed by atoms with Crippen LogP contribution in [0.15, 0.2) is 24.3 Å². The van der Waals surface area contributed by atoms with Crippen LogP contribution in [0.4, 0.5) is 5.69 Å². The molecule has 4 nitrogen and oxygen atoms in total. The number of hydrogen-bond donors (Lipinski definition) is 1. The van der Waals surface area contributed by atoms with Gasteiger partial charge in [0.1, 0.15) is 5.75 Å². The van der Waals surface area contributed by atoms with E-state index in [9.17, 15) is 9.59 Å². The minimum atomic E-state index is -0.710. The Kier molecular flexibility index (Phi) is 3.63. The van der Waals surface area contributed by atoms with Gasteiger partial charge in [-0.2, -0.15) is 0 Å². The van der Waals surface area contributed by atoms with E-state index in [0.29, 0.717) is 5.69 Å². The smallest absolute Gasteiger partial charge is 0.232 e. The summed E-state index contributed by atoms with van der Waals surface area (Å²) in [5, 5.41) is 3.00. The number of methoxy groups -OCH3 is 1. The number of nitrogens with one attached hydrogen (secondary N) is 1. The van der Waals surface area contributed by atoms with Gasteiger partial charge in [-0.15, -0.1) is 0 Å². The van der Waals surface area contributed by atoms with Gasteiger partial charge >= 0.3 is 0 Å². The van der Waals surface area contributed by atoms with E-state index in [-0.39, 0.29) is 17.1 Å². The third-order valence-corrected chi connectivity index (χ3v) is 7.67. The summed E-state index contributed by atoms with van der Waals surface area (Å²) in [6, 6.07) is 7.24. The topological polar surface area (TPSA) is 55.4 Å². The van der Waals surface area contributed by atoms with Gasteiger partial charge in [-0.3, -0.25) is 9.59 Å². The highest BCUT2D eigenvalue weighted by Crippen LogP contribution is 2.72. The fourth-order valence-electron chi connectivity index (χ4n) is 4.37. The molecule has 2 aliphatic carbocycles. The van der Waals surface area contributed by atoms with Crippen molar-refractivity contribution in [3.63, 3.8) is 0 Å². The molecule has 2 bridgehead atoms. The van der Waals surface area contributed by atoms with Gasteiger partial charge < -0.3 is 10.1 Å². The van der Waals surface area contributed by atoms with Crippen molar-refractivity contribution >= 4 is 33.3 Å². The van der Waals surface area contributed by atoms with Crippen molar-refractivity contribution in [1.82, 2.24) is 0 Å². The molecule has 2 saturated carbocycles. The van der Waals surface area contributed by atoms with Crippen molar-refractivity contribution in [1.29, 1.82) is 0 Å². The van der Waals surface area contributed by atoms with Crippen LogP contribution >= 0.6 is 15.9 Å². The molecule has 0 saturated heterocycles. The Labute approximate surface area is 145 Å². The predicted octanol–water partition coefficient (Wildman–Crippen LogP) is 3.79. The molecule has 0 unspecified atom stereocenters. The largest absolute Gasteiger partial charge is 0.497 e. The lowest BCUT2D eigenvalue weighted by molar-refractivity contribution is -0.130. The highest BCUT2D eigenvalue weighted by molar-refractivity contribution is 9.10. The molecule has 0 aliphatic heterocycles. The fraction of sp³-hybridized carbons (Fsp3) is 0.556. The van der Waals surface area contributed by atoms with Crippen LogP contribution in [-0.2, 0) is 9.59 Å². The first-order valence-corrected chi connectivity index (χ1v) is 8.76. The van der Waals surface area contributed by atoms with Crippen LogP contribution in [-0.4, -0.2) is 23.6 Å². The van der Waals surface area contributed by atoms with Crippen molar-refractivity contribution in [2.45, 2.75) is 38.4 Å². The SMILES string of the molecule is COc1ccc(NC(=O)[C@]23CC[C@](C)(C(=O)[C@H]2Br)C3(C)C)cc1. The second-order valence-electron chi connectivity index (χ2n) is 7.34. The normalized spacial score (nSPS) is 34.5. The standard InChI is InChI=1S/C18H22BrNO3/c1-16(2)17(3)9-10-18(16,13(19)14(17)21)15(22)20-11-5-7-12(23-4)8-6-11/h5-8,13H,9-10H2,1-4H3,(H,20,22)/t13-,17-,18+/m1/s1. The molecule has 0 heterocycles. The Balaban J connectivity index is 1.93. The zero-order valence-electron chi connectivity index (χ0n) is 13.9. The number of carbonyl (C=O) groups excluding carboxylic acids is 2. The molecule has 1 aromatic carbocycles. The molecule has 0 aromatic heterocycles. The highest BCUT2D eigenvalue weighted by Gasteiger charge is 2.76. The first-order valence-electron chi connectivity index (χ1n) is 7.84. The number of fused-ring (bicyclic) bond motifs is 2. The first-order chi connectivity index (χ1) is 10.7. The number of hydrogen-bond acceptors (Lipinski definition) is 3. The lowest BCUT2D eigenvalue weighted by Gasteiger charge is -2.39. The van der Waals surface area contributed by atoms with Crippen LogP contribution in [0.5, 0.6) is 5.75 Å². The average molecular weight is 380 g/mol. The van der Waals surface area contributed by atoms with E-state index in [1.165, 1.54) is 0 Å². The number of Topliss-reactive ketones (excluding diaryl/α,β-unsaturated/α-hetero) is 1. The monoisotopic (exact) mass is 379 g/mol. The van der Waals surface area contributed by atoms with Gasteiger partial charge in [-0.25, -0.2) is 0 Å². The average Bonchev–Trinajstić information content (AvgIpc) is 2.80. The Bertz CT molecular complexity index is 669. The molecule has 0 radical (unpaired) electrons. The Morgan fingerprint density at radius 1 is 1.22 bits per heavy atom. The molecule has 23 heavy (non-hydrogen) atoms. The van der Waals surface area contributed by atoms with Crippen molar-refractivity contribution in [3.8, 4) is 5.75 Å². The molecule has 3 atom stereocenters. The second kappa shape index (κ2) is 5.07. The molecule has 2 fully saturated rings. The maximum absolute atomic E-state index is 13.1. The van der Waals surface area contributed by atoms with E-state index in [0.717, 1.165) is 18.6 Å². The molecular weight excluding hydrogens is 358 g/mol. The van der Waals surface area contributed by atoms with Crippen LogP contribution in [0.3, 0.4) is 0 Å². The van der Waals surface area contributed by atoms with Crippen LogP contribution in [0.1, 0.15) is 33.6 Å². The lowest BCUT2D eigenvalue weighted by atomic mass is 9.64. The Morgan fingerprint density at radius 2 is 1.83 bits per heavy atom. The first kappa shape index (κ1) is 16.5. The highest BCUT2D eigenvalue weighted by atomic mass is 79.9. The molecule has 1 N–H and O–H groups in total. The summed E-state index contributed by atoms with van der Waals surface area (Å²) in [7, 11) is 1.61. The molecule has 0 spiro atoms. The lowest BCUT2D eigenvalue weighted by Crippen LogP contribution is -2.47. The Hall–Kier alpha value is -1.36. The van der Waals surface area contributed by atoms with Gasteiger partial charge in [0.25, 0.3) is 0 Å². The molecule has 2 aliphatic rings. The van der Waals surface area contributed by atoms with Crippen molar-refractivity contribution in [3.05, 3.63) is 24.3 Å². The van der Waals surface area contributed by atoms with Gasteiger partial charge in [0.05, 0.1) is 17.4 Å². The number of halogens is 1. The van der Waals surface area contributed by atoms with E-state index in [1.807, 2.05) is 45.0 Å². The van der Waals surface area contributed by atoms with Gasteiger partial charge in [0.15, 0.2) is 5.78 Å². The van der Waals surface area contributed by atoms with Crippen LogP contribution in [0.25, 0.3) is 0 Å². The van der Waals surface area contributed by atoms with Gasteiger partial charge in [-0.1, -0.05) is 36.7 Å². The summed E-state index contributed by atoms with van der Waals surface area (Å²) in [5.74, 6) is 0.812. The second-order valence-corrected chi connectivity index (χ2v) is 8.25. The van der Waals surface area contributed by atoms with E-state index in [2.05, 4.69) is 21.2 Å². The predicted molar refractivity (Wildman–Crippen MR) is 92.9 cm³/mol. The third-order valence-electron chi connectivity index (χ3n) is 6.47. The molecule has 3 rings (SSSR count). The summed E-state index contributed by atoms with van der Waals surface area (Å²) in [4.78, 5) is 25.4. The number of benzene rings is 1. The van der Waals surface area contributed by atoms with Crippen molar-refractivity contribution < 1.29 is 14.3 Å². The zero-order valence-corrected chi connectivity index (χ0v) is 15.5. The zero-order chi connectivity index (χ0) is 17.0. The van der Waals surface area contributed by atoms with Crippen LogP contribution < -0.4 is 10.1 Å². The number of rotatable bonds is 3. The molecule has 5 heteroatoms. The molecule has 1 aromatic rings. The summed E-state index contributed by atoms with van der Waals surface area (Å²) in [6.45, 7) is 6.10. The molecular formula is C18H22BrNO3. The summed E-state index contributed by atoms with van der Waals surface area (Å²) in [5.41, 5.74) is -0.826.